The van der Waals surface area contributed by atoms with Gasteiger partial charge in [-0.1, -0.05) is 18.1 Å². The highest BCUT2D eigenvalue weighted by Gasteiger charge is 2.16. The fraction of sp³-hybridized carbons (Fsp3) is 0.273. The highest BCUT2D eigenvalue weighted by Crippen LogP contribution is 2.34. The molecule has 0 aliphatic carbocycles. The second-order valence-electron chi connectivity index (χ2n) is 2.96. The number of hydrogen-bond donors (Lipinski definition) is 1. The summed E-state index contributed by atoms with van der Waals surface area (Å²) in [6.45, 7) is 1.57. The maximum Gasteiger partial charge on any atom is 0.231 e. The molecule has 0 aromatic heterocycles. The fourth-order valence-electron chi connectivity index (χ4n) is 1.40. The van der Waals surface area contributed by atoms with Crippen molar-refractivity contribution in [3.63, 3.8) is 0 Å². The zero-order chi connectivity index (χ0) is 9.80. The summed E-state index contributed by atoms with van der Waals surface area (Å²) in [5.74, 6) is 4.16. The van der Waals surface area contributed by atoms with Crippen LogP contribution < -0.4 is 14.8 Å². The van der Waals surface area contributed by atoms with E-state index in [1.807, 2.05) is 18.2 Å². The Kier molecular flexibility index (Phi) is 2.57. The molecule has 0 spiro atoms. The Morgan fingerprint density at radius 3 is 3.21 bits per heavy atom. The maximum absolute atomic E-state index is 5.35. The van der Waals surface area contributed by atoms with E-state index in [0.717, 1.165) is 17.1 Å². The Bertz CT molecular complexity index is 368. The Labute approximate surface area is 83.0 Å². The van der Waals surface area contributed by atoms with Gasteiger partial charge in [-0.15, -0.1) is 6.42 Å². The van der Waals surface area contributed by atoms with Crippen LogP contribution in [0.15, 0.2) is 18.2 Å². The molecule has 0 saturated carbocycles. The third-order valence-electron chi connectivity index (χ3n) is 2.02. The van der Waals surface area contributed by atoms with Gasteiger partial charge >= 0.3 is 0 Å². The van der Waals surface area contributed by atoms with Gasteiger partial charge in [0.2, 0.25) is 6.79 Å². The topological polar surface area (TPSA) is 30.5 Å². The van der Waals surface area contributed by atoms with Crippen LogP contribution in [0, 0.1) is 12.3 Å². The SMILES string of the molecule is C#CCNCc1cccc2c1OCO2. The zero-order valence-corrected chi connectivity index (χ0v) is 7.75. The summed E-state index contributed by atoms with van der Waals surface area (Å²) in [6.07, 6.45) is 5.14. The molecule has 1 aromatic carbocycles. The Hall–Kier alpha value is -1.66. The van der Waals surface area contributed by atoms with Gasteiger partial charge in [-0.3, -0.25) is 0 Å². The van der Waals surface area contributed by atoms with Gasteiger partial charge in [-0.25, -0.2) is 0 Å². The Morgan fingerprint density at radius 2 is 2.36 bits per heavy atom. The minimum absolute atomic E-state index is 0.307. The largest absolute Gasteiger partial charge is 0.454 e. The summed E-state index contributed by atoms with van der Waals surface area (Å²) in [5.41, 5.74) is 1.08. The molecule has 72 valence electrons. The first-order valence-corrected chi connectivity index (χ1v) is 4.43. The lowest BCUT2D eigenvalue weighted by Gasteiger charge is -2.05. The van der Waals surface area contributed by atoms with E-state index in [4.69, 9.17) is 15.9 Å². The number of terminal acetylenes is 1. The minimum atomic E-state index is 0.307. The van der Waals surface area contributed by atoms with Gasteiger partial charge in [0.15, 0.2) is 11.5 Å². The molecule has 2 rings (SSSR count). The Morgan fingerprint density at radius 1 is 1.43 bits per heavy atom. The van der Waals surface area contributed by atoms with E-state index >= 15 is 0 Å². The quantitative estimate of drug-likeness (QED) is 0.571. The molecule has 0 radical (unpaired) electrons. The first-order valence-electron chi connectivity index (χ1n) is 4.43. The van der Waals surface area contributed by atoms with Crippen molar-refractivity contribution in [2.45, 2.75) is 6.54 Å². The van der Waals surface area contributed by atoms with Gasteiger partial charge in [0, 0.05) is 12.1 Å². The third-order valence-corrected chi connectivity index (χ3v) is 2.02. The van der Waals surface area contributed by atoms with Crippen molar-refractivity contribution in [2.24, 2.45) is 0 Å². The molecule has 0 atom stereocenters. The normalized spacial score (nSPS) is 12.5. The monoisotopic (exact) mass is 189 g/mol. The molecule has 1 aliphatic heterocycles. The molecule has 0 amide bonds. The fourth-order valence-corrected chi connectivity index (χ4v) is 1.40. The lowest BCUT2D eigenvalue weighted by Crippen LogP contribution is -2.13. The second-order valence-corrected chi connectivity index (χ2v) is 2.96. The van der Waals surface area contributed by atoms with Crippen molar-refractivity contribution in [3.05, 3.63) is 23.8 Å². The molecule has 3 nitrogen and oxygen atoms in total. The molecule has 1 N–H and O–H groups in total. The highest BCUT2D eigenvalue weighted by molar-refractivity contribution is 5.48. The van der Waals surface area contributed by atoms with Crippen molar-refractivity contribution >= 4 is 0 Å². The average Bonchev–Trinajstić information content (AvgIpc) is 2.67. The molecule has 3 heteroatoms. The molecular formula is C11H11NO2. The van der Waals surface area contributed by atoms with Crippen molar-refractivity contribution < 1.29 is 9.47 Å². The molecule has 0 unspecified atom stereocenters. The highest BCUT2D eigenvalue weighted by atomic mass is 16.7. The van der Waals surface area contributed by atoms with Gasteiger partial charge in [0.25, 0.3) is 0 Å². The van der Waals surface area contributed by atoms with Gasteiger partial charge in [0.1, 0.15) is 0 Å². The van der Waals surface area contributed by atoms with Crippen LogP contribution in [-0.4, -0.2) is 13.3 Å². The van der Waals surface area contributed by atoms with Gasteiger partial charge in [-0.05, 0) is 6.07 Å². The van der Waals surface area contributed by atoms with Crippen LogP contribution in [-0.2, 0) is 6.54 Å². The van der Waals surface area contributed by atoms with E-state index in [9.17, 15) is 0 Å². The zero-order valence-electron chi connectivity index (χ0n) is 7.75. The lowest BCUT2D eigenvalue weighted by atomic mass is 10.2. The molecule has 0 fully saturated rings. The molecule has 1 aromatic rings. The van der Waals surface area contributed by atoms with Crippen LogP contribution >= 0.6 is 0 Å². The number of hydrogen-bond acceptors (Lipinski definition) is 3. The minimum Gasteiger partial charge on any atom is -0.454 e. The van der Waals surface area contributed by atoms with E-state index in [1.165, 1.54) is 0 Å². The van der Waals surface area contributed by atoms with E-state index in [-0.39, 0.29) is 0 Å². The predicted molar refractivity (Wildman–Crippen MR) is 53.1 cm³/mol. The summed E-state index contributed by atoms with van der Waals surface area (Å²) >= 11 is 0. The number of rotatable bonds is 3. The van der Waals surface area contributed by atoms with Crippen molar-refractivity contribution in [1.82, 2.24) is 5.32 Å². The second kappa shape index (κ2) is 4.03. The smallest absolute Gasteiger partial charge is 0.231 e. The molecule has 0 bridgehead atoms. The van der Waals surface area contributed by atoms with E-state index < -0.39 is 0 Å². The molecule has 14 heavy (non-hydrogen) atoms. The number of nitrogens with one attached hydrogen (secondary N) is 1. The first kappa shape index (κ1) is 8.92. The van der Waals surface area contributed by atoms with Crippen molar-refractivity contribution in [3.8, 4) is 23.8 Å². The third kappa shape index (κ3) is 1.66. The predicted octanol–water partition coefficient (Wildman–Crippen LogP) is 1.14. The molecular weight excluding hydrogens is 178 g/mol. The number of para-hydroxylation sites is 1. The van der Waals surface area contributed by atoms with Crippen LogP contribution in [0.3, 0.4) is 0 Å². The summed E-state index contributed by atoms with van der Waals surface area (Å²) < 4.78 is 10.6. The molecule has 1 aliphatic rings. The van der Waals surface area contributed by atoms with Crippen LogP contribution in [0.25, 0.3) is 0 Å². The number of ether oxygens (including phenoxy) is 2. The van der Waals surface area contributed by atoms with Crippen LogP contribution in [0.2, 0.25) is 0 Å². The number of benzene rings is 1. The summed E-state index contributed by atoms with van der Waals surface area (Å²) in [5, 5.41) is 3.11. The molecule has 0 saturated heterocycles. The summed E-state index contributed by atoms with van der Waals surface area (Å²) in [6, 6.07) is 5.84. The van der Waals surface area contributed by atoms with Crippen molar-refractivity contribution in [2.75, 3.05) is 13.3 Å². The standard InChI is InChI=1S/C11H11NO2/c1-2-6-12-7-9-4-3-5-10-11(9)14-8-13-10/h1,3-5,12H,6-8H2. The van der Waals surface area contributed by atoms with E-state index in [0.29, 0.717) is 19.9 Å². The lowest BCUT2D eigenvalue weighted by molar-refractivity contribution is 0.173. The Balaban J connectivity index is 2.11. The van der Waals surface area contributed by atoms with Crippen LogP contribution in [0.5, 0.6) is 11.5 Å². The van der Waals surface area contributed by atoms with Gasteiger partial charge < -0.3 is 14.8 Å². The van der Waals surface area contributed by atoms with Gasteiger partial charge in [-0.2, -0.15) is 0 Å². The maximum atomic E-state index is 5.35. The van der Waals surface area contributed by atoms with E-state index in [2.05, 4.69) is 11.2 Å². The number of fused-ring (bicyclic) bond motifs is 1. The van der Waals surface area contributed by atoms with Crippen molar-refractivity contribution in [1.29, 1.82) is 0 Å². The van der Waals surface area contributed by atoms with E-state index in [1.54, 1.807) is 0 Å². The van der Waals surface area contributed by atoms with Gasteiger partial charge in [0.05, 0.1) is 6.54 Å². The summed E-state index contributed by atoms with van der Waals surface area (Å²) in [7, 11) is 0. The van der Waals surface area contributed by atoms with Crippen LogP contribution in [0.4, 0.5) is 0 Å². The van der Waals surface area contributed by atoms with Crippen LogP contribution in [0.1, 0.15) is 5.56 Å². The first-order chi connectivity index (χ1) is 6.92. The average molecular weight is 189 g/mol. The molecule has 1 heterocycles. The summed E-state index contributed by atoms with van der Waals surface area (Å²) in [4.78, 5) is 0.